The van der Waals surface area contributed by atoms with Crippen molar-refractivity contribution >= 4 is 0 Å². The third-order valence-corrected chi connectivity index (χ3v) is 7.31. The van der Waals surface area contributed by atoms with E-state index < -0.39 is 23.9 Å². The lowest BCUT2D eigenvalue weighted by molar-refractivity contribution is 0.115. The summed E-state index contributed by atoms with van der Waals surface area (Å²) < 4.78 is 10.7. The molecule has 0 saturated heterocycles. The molecule has 0 amide bonds. The molecule has 0 bridgehead atoms. The lowest BCUT2D eigenvalue weighted by Gasteiger charge is -2.44. The number of aromatic hydroxyl groups is 6. The zero-order valence-electron chi connectivity index (χ0n) is 21.1. The van der Waals surface area contributed by atoms with Crippen LogP contribution in [0.25, 0.3) is 0 Å². The van der Waals surface area contributed by atoms with Gasteiger partial charge < -0.3 is 45.2 Å². The fourth-order valence-corrected chi connectivity index (χ4v) is 5.76. The summed E-state index contributed by atoms with van der Waals surface area (Å²) in [4.78, 5) is 0. The van der Waals surface area contributed by atoms with Gasteiger partial charge in [-0.1, -0.05) is 6.07 Å². The van der Waals surface area contributed by atoms with Crippen molar-refractivity contribution in [1.29, 1.82) is 0 Å². The van der Waals surface area contributed by atoms with E-state index in [4.69, 9.17) is 9.47 Å². The molecule has 0 aliphatic heterocycles. The van der Waals surface area contributed by atoms with E-state index in [1.165, 1.54) is 68.8 Å². The maximum absolute atomic E-state index is 11.9. The van der Waals surface area contributed by atoms with Crippen LogP contribution in [0, 0.1) is 0 Å². The van der Waals surface area contributed by atoms with Gasteiger partial charge in [0, 0.05) is 29.9 Å². The molecule has 9 heteroatoms. The Labute approximate surface area is 224 Å². The number of aliphatic hydroxyl groups excluding tert-OH is 1. The predicted octanol–water partition coefficient (Wildman–Crippen LogP) is 4.68. The van der Waals surface area contributed by atoms with Gasteiger partial charge in [0.1, 0.15) is 23.0 Å². The molecule has 9 nitrogen and oxygen atoms in total. The summed E-state index contributed by atoms with van der Waals surface area (Å²) in [6, 6.07) is 15.9. The van der Waals surface area contributed by atoms with E-state index in [0.29, 0.717) is 27.8 Å². The van der Waals surface area contributed by atoms with E-state index >= 15 is 0 Å². The van der Waals surface area contributed by atoms with Gasteiger partial charge in [0.2, 0.25) is 0 Å². The maximum Gasteiger partial charge on any atom is 0.160 e. The van der Waals surface area contributed by atoms with E-state index in [1.807, 2.05) is 0 Å². The second kappa shape index (κ2) is 9.85. The average molecular weight is 533 g/mol. The molecule has 0 radical (unpaired) electrons. The molecule has 0 spiro atoms. The third kappa shape index (κ3) is 4.57. The van der Waals surface area contributed by atoms with Crippen molar-refractivity contribution in [3.8, 4) is 46.0 Å². The van der Waals surface area contributed by atoms with Gasteiger partial charge in [0.15, 0.2) is 23.0 Å². The molecule has 4 atom stereocenters. The number of fused-ring (bicyclic) bond motifs is 1. The normalized spacial score (nSPS) is 20.3. The van der Waals surface area contributed by atoms with E-state index in [9.17, 15) is 35.7 Å². The second-order valence-electron chi connectivity index (χ2n) is 9.62. The lowest BCUT2D eigenvalue weighted by atomic mass is 9.61. The van der Waals surface area contributed by atoms with Crippen LogP contribution in [0.5, 0.6) is 46.0 Å². The van der Waals surface area contributed by atoms with Crippen LogP contribution >= 0.6 is 0 Å². The van der Waals surface area contributed by atoms with E-state index in [0.717, 1.165) is 0 Å². The van der Waals surface area contributed by atoms with E-state index in [1.54, 1.807) is 12.1 Å². The summed E-state index contributed by atoms with van der Waals surface area (Å²) in [7, 11) is 2.80. The molecule has 1 aliphatic carbocycles. The minimum absolute atomic E-state index is 0.0871. The molecule has 202 valence electrons. The summed E-state index contributed by atoms with van der Waals surface area (Å²) in [5.41, 5.74) is 2.42. The van der Waals surface area contributed by atoms with Gasteiger partial charge in [0.05, 0.1) is 20.3 Å². The van der Waals surface area contributed by atoms with Crippen LogP contribution in [0.15, 0.2) is 66.7 Å². The van der Waals surface area contributed by atoms with Crippen LogP contribution in [0.2, 0.25) is 0 Å². The average Bonchev–Trinajstić information content (AvgIpc) is 2.87. The third-order valence-electron chi connectivity index (χ3n) is 7.31. The Morgan fingerprint density at radius 2 is 1.03 bits per heavy atom. The number of benzene rings is 4. The molecule has 0 fully saturated rings. The summed E-state index contributed by atoms with van der Waals surface area (Å²) in [5.74, 6) is -2.97. The molecule has 4 aromatic carbocycles. The Balaban J connectivity index is 1.88. The van der Waals surface area contributed by atoms with Crippen LogP contribution in [0.1, 0.15) is 51.7 Å². The topological polar surface area (TPSA) is 160 Å². The monoisotopic (exact) mass is 532 g/mol. The largest absolute Gasteiger partial charge is 0.508 e. The number of ether oxygens (including phenoxy) is 2. The second-order valence-corrected chi connectivity index (χ2v) is 9.62. The first-order valence-corrected chi connectivity index (χ1v) is 12.1. The van der Waals surface area contributed by atoms with Crippen LogP contribution in [-0.2, 0) is 0 Å². The highest BCUT2D eigenvalue weighted by molar-refractivity contribution is 5.59. The molecular weight excluding hydrogens is 504 g/mol. The van der Waals surface area contributed by atoms with Crippen molar-refractivity contribution in [3.05, 3.63) is 94.5 Å². The van der Waals surface area contributed by atoms with E-state index in [2.05, 4.69) is 0 Å². The molecule has 39 heavy (non-hydrogen) atoms. The van der Waals surface area contributed by atoms with Crippen molar-refractivity contribution < 1.29 is 45.2 Å². The molecule has 5 rings (SSSR count). The van der Waals surface area contributed by atoms with Gasteiger partial charge in [-0.15, -0.1) is 0 Å². The van der Waals surface area contributed by atoms with Gasteiger partial charge in [-0.05, 0) is 76.3 Å². The van der Waals surface area contributed by atoms with Crippen molar-refractivity contribution in [2.75, 3.05) is 14.2 Å². The quantitative estimate of drug-likeness (QED) is 0.194. The van der Waals surface area contributed by atoms with Crippen molar-refractivity contribution in [1.82, 2.24) is 0 Å². The van der Waals surface area contributed by atoms with Gasteiger partial charge in [-0.2, -0.15) is 0 Å². The maximum atomic E-state index is 11.9. The number of phenols is 6. The highest BCUT2D eigenvalue weighted by Gasteiger charge is 2.45. The Bertz CT molecular complexity index is 1510. The molecule has 0 unspecified atom stereocenters. The van der Waals surface area contributed by atoms with Crippen LogP contribution in [-0.4, -0.2) is 50.0 Å². The van der Waals surface area contributed by atoms with Crippen LogP contribution < -0.4 is 9.47 Å². The van der Waals surface area contributed by atoms with Gasteiger partial charge in [-0.25, -0.2) is 0 Å². The first kappa shape index (κ1) is 25.9. The molecular formula is C30H28O9. The molecule has 0 saturated carbocycles. The van der Waals surface area contributed by atoms with Crippen molar-refractivity contribution in [3.63, 3.8) is 0 Å². The fraction of sp³-hybridized carbons (Fsp3) is 0.200. The first-order chi connectivity index (χ1) is 18.6. The Hall–Kier alpha value is -4.76. The van der Waals surface area contributed by atoms with Crippen molar-refractivity contribution in [2.24, 2.45) is 0 Å². The molecule has 1 aliphatic rings. The minimum atomic E-state index is -1.24. The summed E-state index contributed by atoms with van der Waals surface area (Å²) in [6.45, 7) is 0. The smallest absolute Gasteiger partial charge is 0.160 e. The van der Waals surface area contributed by atoms with Crippen LogP contribution in [0.3, 0.4) is 0 Å². The van der Waals surface area contributed by atoms with E-state index in [-0.39, 0.29) is 46.0 Å². The first-order valence-electron chi connectivity index (χ1n) is 12.1. The standard InChI is InChI=1S/C30H28O9/c1-38-25-9-14(3-4-23(25)35)27-21-12-24(36)26(39-2)13-22(21)30(37)29(16-7-19(33)11-20(34)8-16)28(27)15-5-17(31)10-18(32)6-15/h3-13,27-37H,1-2H3/t27-,28+,29-,30+/m1/s1. The van der Waals surface area contributed by atoms with Crippen molar-refractivity contribution in [2.45, 2.75) is 23.9 Å². The Morgan fingerprint density at radius 3 is 1.56 bits per heavy atom. The minimum Gasteiger partial charge on any atom is -0.508 e. The van der Waals surface area contributed by atoms with Gasteiger partial charge in [0.25, 0.3) is 0 Å². The number of phenolic OH excluding ortho intramolecular Hbond substituents is 6. The molecule has 0 aromatic heterocycles. The molecule has 0 heterocycles. The predicted molar refractivity (Wildman–Crippen MR) is 141 cm³/mol. The summed E-state index contributed by atoms with van der Waals surface area (Å²) >= 11 is 0. The number of rotatable bonds is 5. The number of methoxy groups -OCH3 is 2. The molecule has 7 N–H and O–H groups in total. The SMILES string of the molecule is COc1cc([C@@H]2c3cc(O)c(OC)cc3[C@H](O)[C@H](c3cc(O)cc(O)c3)[C@H]2c2cc(O)cc(O)c2)ccc1O. The summed E-state index contributed by atoms with van der Waals surface area (Å²) in [6.07, 6.45) is -1.24. The summed E-state index contributed by atoms with van der Waals surface area (Å²) in [5, 5.41) is 74.4. The zero-order valence-corrected chi connectivity index (χ0v) is 21.1. The number of aliphatic hydroxyl groups is 1. The highest BCUT2D eigenvalue weighted by atomic mass is 16.5. The van der Waals surface area contributed by atoms with Gasteiger partial charge in [-0.3, -0.25) is 0 Å². The number of hydrogen-bond donors (Lipinski definition) is 7. The Kier molecular flexibility index (Phi) is 6.53. The fourth-order valence-electron chi connectivity index (χ4n) is 5.76. The molecule has 4 aromatic rings. The highest BCUT2D eigenvalue weighted by Crippen LogP contribution is 2.59. The number of hydrogen-bond acceptors (Lipinski definition) is 9. The van der Waals surface area contributed by atoms with Gasteiger partial charge >= 0.3 is 0 Å². The lowest BCUT2D eigenvalue weighted by Crippen LogP contribution is -2.31. The zero-order chi connectivity index (χ0) is 28.0. The Morgan fingerprint density at radius 1 is 0.513 bits per heavy atom. The van der Waals surface area contributed by atoms with Crippen LogP contribution in [0.4, 0.5) is 0 Å².